The van der Waals surface area contributed by atoms with E-state index in [0.717, 1.165) is 29.0 Å². The van der Waals surface area contributed by atoms with Gasteiger partial charge < -0.3 is 14.7 Å². The highest BCUT2D eigenvalue weighted by atomic mass is 16.5. The van der Waals surface area contributed by atoms with Gasteiger partial charge in [0.1, 0.15) is 0 Å². The highest BCUT2D eigenvalue weighted by Crippen LogP contribution is 2.26. The van der Waals surface area contributed by atoms with Crippen molar-refractivity contribution < 1.29 is 9.76 Å². The molecule has 0 aliphatic rings. The van der Waals surface area contributed by atoms with E-state index in [4.69, 9.17) is 4.65 Å². The van der Waals surface area contributed by atoms with Crippen LogP contribution in [-0.2, 0) is 4.65 Å². The third kappa shape index (κ3) is 6.26. The molecule has 0 heterocycles. The lowest BCUT2D eigenvalue weighted by atomic mass is 9.81. The van der Waals surface area contributed by atoms with Crippen LogP contribution >= 0.6 is 0 Å². The van der Waals surface area contributed by atoms with Gasteiger partial charge in [-0.05, 0) is 64.7 Å². The van der Waals surface area contributed by atoms with Crippen molar-refractivity contribution in [3.8, 4) is 0 Å². The number of allylic oxidation sites excluding steroid dienone is 4. The molecule has 0 saturated carbocycles. The van der Waals surface area contributed by atoms with Gasteiger partial charge in [-0.3, -0.25) is 0 Å². The van der Waals surface area contributed by atoms with Crippen LogP contribution in [0.25, 0.3) is 0 Å². The Morgan fingerprint density at radius 2 is 1.74 bits per heavy atom. The number of rotatable bonds is 10. The van der Waals surface area contributed by atoms with Crippen LogP contribution in [0.3, 0.4) is 0 Å². The number of aliphatic hydroxyl groups is 1. The van der Waals surface area contributed by atoms with E-state index in [-0.39, 0.29) is 0 Å². The Bertz CT molecular complexity index is 711. The van der Waals surface area contributed by atoms with Gasteiger partial charge in [0.25, 0.3) is 0 Å². The molecule has 1 aromatic carbocycles. The Morgan fingerprint density at radius 1 is 1.15 bits per heavy atom. The monoisotopic (exact) mass is 367 g/mol. The predicted molar refractivity (Wildman–Crippen MR) is 120 cm³/mol. The fourth-order valence-electron chi connectivity index (χ4n) is 2.38. The summed E-state index contributed by atoms with van der Waals surface area (Å²) in [5.74, 6) is 0. The number of hydrogen-bond acceptors (Lipinski definition) is 3. The van der Waals surface area contributed by atoms with E-state index >= 15 is 0 Å². The molecule has 0 atom stereocenters. The predicted octanol–water partition coefficient (Wildman–Crippen LogP) is 4.61. The third-order valence-electron chi connectivity index (χ3n) is 4.77. The van der Waals surface area contributed by atoms with Crippen LogP contribution in [0.2, 0.25) is 0 Å². The Kier molecular flexibility index (Phi) is 8.33. The second-order valence-corrected chi connectivity index (χ2v) is 7.62. The van der Waals surface area contributed by atoms with Crippen molar-refractivity contribution in [2.75, 3.05) is 4.90 Å². The second-order valence-electron chi connectivity index (χ2n) is 7.62. The standard InChI is InChI=1S/C23H34BNO2/c1-9-11-15-19(4)25(18(3)14-10-2)21-17-13-12-16-20(21)24-27-23(7,8)22(5,6)26/h10-17,24,26H,3-4,9H2,1-2,5-8H3/b14-10-,15-11-. The average Bonchev–Trinajstić information content (AvgIpc) is 2.58. The summed E-state index contributed by atoms with van der Waals surface area (Å²) in [6.45, 7) is 19.8. The zero-order valence-corrected chi connectivity index (χ0v) is 17.7. The molecular formula is C23H34BNO2. The summed E-state index contributed by atoms with van der Waals surface area (Å²) in [5, 5.41) is 10.4. The van der Waals surface area contributed by atoms with Gasteiger partial charge in [0.2, 0.25) is 0 Å². The van der Waals surface area contributed by atoms with Crippen molar-refractivity contribution in [2.24, 2.45) is 0 Å². The van der Waals surface area contributed by atoms with Crippen molar-refractivity contribution in [1.82, 2.24) is 0 Å². The van der Waals surface area contributed by atoms with Crippen LogP contribution in [0.15, 0.2) is 73.1 Å². The average molecular weight is 367 g/mol. The van der Waals surface area contributed by atoms with Gasteiger partial charge >= 0.3 is 7.48 Å². The van der Waals surface area contributed by atoms with E-state index in [1.807, 2.05) is 68.2 Å². The minimum atomic E-state index is -0.955. The maximum atomic E-state index is 10.4. The second kappa shape index (κ2) is 9.77. The van der Waals surface area contributed by atoms with E-state index in [9.17, 15) is 5.11 Å². The van der Waals surface area contributed by atoms with E-state index in [1.165, 1.54) is 0 Å². The summed E-state index contributed by atoms with van der Waals surface area (Å²) in [4.78, 5) is 2.03. The smallest absolute Gasteiger partial charge is 0.311 e. The summed E-state index contributed by atoms with van der Waals surface area (Å²) in [6.07, 6.45) is 8.95. The molecule has 0 radical (unpaired) electrons. The van der Waals surface area contributed by atoms with Gasteiger partial charge in [0.15, 0.2) is 0 Å². The first-order chi connectivity index (χ1) is 12.5. The molecule has 0 aliphatic heterocycles. The topological polar surface area (TPSA) is 32.7 Å². The molecular weight excluding hydrogens is 333 g/mol. The lowest BCUT2D eigenvalue weighted by molar-refractivity contribution is -0.0893. The molecule has 0 saturated heterocycles. The molecule has 0 unspecified atom stereocenters. The molecule has 146 valence electrons. The Labute approximate surface area is 166 Å². The molecule has 4 heteroatoms. The van der Waals surface area contributed by atoms with Crippen LogP contribution in [0.4, 0.5) is 5.69 Å². The molecule has 27 heavy (non-hydrogen) atoms. The lowest BCUT2D eigenvalue weighted by Gasteiger charge is -2.38. The van der Waals surface area contributed by atoms with Gasteiger partial charge in [0.05, 0.1) is 11.2 Å². The number of benzene rings is 1. The molecule has 0 spiro atoms. The highest BCUT2D eigenvalue weighted by molar-refractivity contribution is 6.49. The van der Waals surface area contributed by atoms with Crippen LogP contribution in [0.1, 0.15) is 48.0 Å². The first-order valence-corrected chi connectivity index (χ1v) is 9.46. The number of para-hydroxylation sites is 1. The number of nitrogens with zero attached hydrogens (tertiary/aromatic N) is 1. The lowest BCUT2D eigenvalue weighted by Crippen LogP contribution is -2.49. The minimum absolute atomic E-state index is 0.373. The summed E-state index contributed by atoms with van der Waals surface area (Å²) in [7, 11) is 0.373. The van der Waals surface area contributed by atoms with E-state index in [1.54, 1.807) is 13.8 Å². The van der Waals surface area contributed by atoms with Gasteiger partial charge in [-0.25, -0.2) is 0 Å². The van der Waals surface area contributed by atoms with Crippen molar-refractivity contribution in [1.29, 1.82) is 0 Å². The SMILES string of the molecule is C=C(/C=C\C)N(C(=C)/C=C\CC)c1ccccc1BOC(C)(C)C(C)(C)O. The summed E-state index contributed by atoms with van der Waals surface area (Å²) < 4.78 is 6.10. The first kappa shape index (κ1) is 23.0. The van der Waals surface area contributed by atoms with Crippen LogP contribution in [0, 0.1) is 0 Å². The maximum absolute atomic E-state index is 10.4. The van der Waals surface area contributed by atoms with Crippen LogP contribution < -0.4 is 10.4 Å². The van der Waals surface area contributed by atoms with E-state index in [0.29, 0.717) is 7.48 Å². The van der Waals surface area contributed by atoms with Crippen molar-refractivity contribution in [3.63, 3.8) is 0 Å². The van der Waals surface area contributed by atoms with E-state index in [2.05, 4.69) is 26.2 Å². The fraction of sp³-hybridized carbons (Fsp3) is 0.391. The van der Waals surface area contributed by atoms with Gasteiger partial charge in [0, 0.05) is 17.1 Å². The molecule has 0 aromatic heterocycles. The quantitative estimate of drug-likeness (QED) is 0.484. The van der Waals surface area contributed by atoms with Crippen molar-refractivity contribution >= 4 is 18.6 Å². The number of anilines is 1. The normalized spacial score (nSPS) is 12.6. The molecule has 3 nitrogen and oxygen atoms in total. The third-order valence-corrected chi connectivity index (χ3v) is 4.77. The molecule has 0 fully saturated rings. The number of hydrogen-bond donors (Lipinski definition) is 1. The molecule has 0 amide bonds. The Balaban J connectivity index is 3.27. The fourth-order valence-corrected chi connectivity index (χ4v) is 2.38. The van der Waals surface area contributed by atoms with Gasteiger partial charge in [-0.15, -0.1) is 0 Å². The summed E-state index contributed by atoms with van der Waals surface area (Å²) in [6, 6.07) is 8.05. The molecule has 1 N–H and O–H groups in total. The Hall–Kier alpha value is -2.04. The maximum Gasteiger partial charge on any atom is 0.311 e. The molecule has 0 aliphatic carbocycles. The first-order valence-electron chi connectivity index (χ1n) is 9.46. The molecule has 1 aromatic rings. The van der Waals surface area contributed by atoms with Crippen LogP contribution in [-0.4, -0.2) is 23.8 Å². The minimum Gasteiger partial charge on any atom is -0.427 e. The molecule has 0 bridgehead atoms. The Morgan fingerprint density at radius 3 is 2.30 bits per heavy atom. The van der Waals surface area contributed by atoms with Gasteiger partial charge in [-0.1, -0.05) is 50.4 Å². The molecule has 1 rings (SSSR count). The van der Waals surface area contributed by atoms with Crippen LogP contribution in [0.5, 0.6) is 0 Å². The highest BCUT2D eigenvalue weighted by Gasteiger charge is 2.36. The largest absolute Gasteiger partial charge is 0.427 e. The summed E-state index contributed by atoms with van der Waals surface area (Å²) >= 11 is 0. The van der Waals surface area contributed by atoms with Gasteiger partial charge in [-0.2, -0.15) is 0 Å². The zero-order valence-electron chi connectivity index (χ0n) is 17.7. The van der Waals surface area contributed by atoms with Crippen molar-refractivity contribution in [3.05, 3.63) is 73.1 Å². The zero-order chi connectivity index (χ0) is 20.7. The summed E-state index contributed by atoms with van der Waals surface area (Å²) in [5.41, 5.74) is 2.00. The van der Waals surface area contributed by atoms with Crippen molar-refractivity contribution in [2.45, 2.75) is 59.2 Å². The van der Waals surface area contributed by atoms with E-state index < -0.39 is 11.2 Å².